The van der Waals surface area contributed by atoms with Crippen molar-refractivity contribution in [3.8, 4) is 0 Å². The van der Waals surface area contributed by atoms with E-state index >= 15 is 0 Å². The molecule has 1 heterocycles. The Balaban J connectivity index is 1.53. The van der Waals surface area contributed by atoms with Gasteiger partial charge in [-0.2, -0.15) is 0 Å². The smallest absolute Gasteiger partial charge is 0.233 e. The lowest BCUT2D eigenvalue weighted by molar-refractivity contribution is -0.128. The van der Waals surface area contributed by atoms with Crippen molar-refractivity contribution in [1.82, 2.24) is 4.90 Å². The Hall–Kier alpha value is -1.65. The third-order valence-electron chi connectivity index (χ3n) is 4.25. The van der Waals surface area contributed by atoms with Gasteiger partial charge in [0.15, 0.2) is 0 Å². The second kappa shape index (κ2) is 7.95. The summed E-state index contributed by atoms with van der Waals surface area (Å²) in [6, 6.07) is 16.0. The number of nitrogens with zero attached hydrogens (tertiary/aromatic N) is 2. The molecule has 2 aromatic rings. The number of anilines is 1. The van der Waals surface area contributed by atoms with Gasteiger partial charge in [0.05, 0.1) is 5.75 Å². The fourth-order valence-electron chi connectivity index (χ4n) is 2.87. The lowest BCUT2D eigenvalue weighted by atomic mass is 10.1. The second-order valence-corrected chi connectivity index (χ2v) is 7.39. The zero-order valence-corrected chi connectivity index (χ0v) is 15.3. The molecule has 1 aliphatic heterocycles. The molecule has 1 saturated heterocycles. The summed E-state index contributed by atoms with van der Waals surface area (Å²) in [7, 11) is 0. The van der Waals surface area contributed by atoms with Crippen LogP contribution in [0, 0.1) is 6.92 Å². The monoisotopic (exact) mass is 360 g/mol. The van der Waals surface area contributed by atoms with E-state index in [-0.39, 0.29) is 5.91 Å². The molecule has 0 aliphatic carbocycles. The predicted octanol–water partition coefficient (Wildman–Crippen LogP) is 4.09. The number of carbonyl (C=O) groups excluding carboxylic acids is 1. The molecule has 0 unspecified atom stereocenters. The van der Waals surface area contributed by atoms with Gasteiger partial charge in [-0.3, -0.25) is 4.79 Å². The summed E-state index contributed by atoms with van der Waals surface area (Å²) in [5.41, 5.74) is 2.40. The SMILES string of the molecule is Cc1ccc(Cl)cc1N1CCN(C(=O)CSc2ccccc2)CC1. The van der Waals surface area contributed by atoms with Crippen LogP contribution in [0.15, 0.2) is 53.4 Å². The minimum atomic E-state index is 0.214. The zero-order chi connectivity index (χ0) is 16.9. The van der Waals surface area contributed by atoms with Crippen LogP contribution < -0.4 is 4.90 Å². The molecule has 5 heteroatoms. The van der Waals surface area contributed by atoms with E-state index in [1.54, 1.807) is 11.8 Å². The van der Waals surface area contributed by atoms with E-state index in [1.807, 2.05) is 53.4 Å². The fraction of sp³-hybridized carbons (Fsp3) is 0.316. The van der Waals surface area contributed by atoms with Gasteiger partial charge in [-0.05, 0) is 36.8 Å². The largest absolute Gasteiger partial charge is 0.368 e. The topological polar surface area (TPSA) is 23.6 Å². The number of amides is 1. The second-order valence-electron chi connectivity index (χ2n) is 5.90. The van der Waals surface area contributed by atoms with Gasteiger partial charge >= 0.3 is 0 Å². The van der Waals surface area contributed by atoms with E-state index in [4.69, 9.17) is 11.6 Å². The number of hydrogen-bond acceptors (Lipinski definition) is 3. The zero-order valence-electron chi connectivity index (χ0n) is 13.7. The van der Waals surface area contributed by atoms with Crippen LogP contribution in [0.25, 0.3) is 0 Å². The van der Waals surface area contributed by atoms with Crippen LogP contribution in [-0.2, 0) is 4.79 Å². The Morgan fingerprint density at radius 2 is 1.79 bits per heavy atom. The van der Waals surface area contributed by atoms with Crippen LogP contribution in [0.1, 0.15) is 5.56 Å². The third kappa shape index (κ3) is 4.25. The third-order valence-corrected chi connectivity index (χ3v) is 5.48. The molecule has 0 spiro atoms. The molecule has 3 rings (SSSR count). The quantitative estimate of drug-likeness (QED) is 0.767. The summed E-state index contributed by atoms with van der Waals surface area (Å²) in [6.07, 6.45) is 0. The molecule has 0 radical (unpaired) electrons. The molecule has 0 saturated carbocycles. The van der Waals surface area contributed by atoms with Crippen molar-refractivity contribution < 1.29 is 4.79 Å². The number of thioether (sulfide) groups is 1. The van der Waals surface area contributed by atoms with Gasteiger partial charge in [0, 0.05) is 41.8 Å². The standard InChI is InChI=1S/C19H21ClN2OS/c1-15-7-8-16(20)13-18(15)21-9-11-22(12-10-21)19(23)14-24-17-5-3-2-4-6-17/h2-8,13H,9-12,14H2,1H3. The van der Waals surface area contributed by atoms with Crippen molar-refractivity contribution in [2.75, 3.05) is 36.8 Å². The van der Waals surface area contributed by atoms with Gasteiger partial charge in [0.2, 0.25) is 5.91 Å². The van der Waals surface area contributed by atoms with E-state index in [9.17, 15) is 4.79 Å². The minimum Gasteiger partial charge on any atom is -0.368 e. The highest BCUT2D eigenvalue weighted by Gasteiger charge is 2.22. The average Bonchev–Trinajstić information content (AvgIpc) is 2.63. The summed E-state index contributed by atoms with van der Waals surface area (Å²) in [5.74, 6) is 0.714. The Kier molecular flexibility index (Phi) is 5.69. The first-order chi connectivity index (χ1) is 11.6. The Bertz CT molecular complexity index is 700. The van der Waals surface area contributed by atoms with Gasteiger partial charge in [0.25, 0.3) is 0 Å². The van der Waals surface area contributed by atoms with Crippen LogP contribution in [0.4, 0.5) is 5.69 Å². The first-order valence-electron chi connectivity index (χ1n) is 8.10. The highest BCUT2D eigenvalue weighted by molar-refractivity contribution is 8.00. The Morgan fingerprint density at radius 1 is 1.08 bits per heavy atom. The summed E-state index contributed by atoms with van der Waals surface area (Å²) in [4.78, 5) is 17.8. The van der Waals surface area contributed by atoms with Crippen LogP contribution in [-0.4, -0.2) is 42.7 Å². The van der Waals surface area contributed by atoms with Gasteiger partial charge in [-0.25, -0.2) is 0 Å². The number of carbonyl (C=O) groups is 1. The fourth-order valence-corrected chi connectivity index (χ4v) is 3.86. The van der Waals surface area contributed by atoms with Crippen molar-refractivity contribution in [3.63, 3.8) is 0 Å². The molecule has 24 heavy (non-hydrogen) atoms. The Labute approximate surface area is 152 Å². The van der Waals surface area contributed by atoms with E-state index < -0.39 is 0 Å². The minimum absolute atomic E-state index is 0.214. The molecular formula is C19H21ClN2OS. The van der Waals surface area contributed by atoms with Crippen molar-refractivity contribution in [2.24, 2.45) is 0 Å². The molecule has 0 bridgehead atoms. The van der Waals surface area contributed by atoms with Crippen LogP contribution in [0.5, 0.6) is 0 Å². The first kappa shape index (κ1) is 17.2. The maximum atomic E-state index is 12.4. The van der Waals surface area contributed by atoms with Gasteiger partial charge < -0.3 is 9.80 Å². The van der Waals surface area contributed by atoms with E-state index in [0.717, 1.165) is 36.1 Å². The molecule has 126 valence electrons. The molecule has 0 atom stereocenters. The molecule has 3 nitrogen and oxygen atoms in total. The number of benzene rings is 2. The molecule has 2 aromatic carbocycles. The summed E-state index contributed by atoms with van der Waals surface area (Å²) in [5, 5.41) is 0.758. The lowest BCUT2D eigenvalue weighted by Gasteiger charge is -2.37. The number of hydrogen-bond donors (Lipinski definition) is 0. The van der Waals surface area contributed by atoms with Crippen molar-refractivity contribution >= 4 is 35.0 Å². The number of halogens is 1. The van der Waals surface area contributed by atoms with E-state index in [0.29, 0.717) is 5.75 Å². The average molecular weight is 361 g/mol. The van der Waals surface area contributed by atoms with Crippen LogP contribution >= 0.6 is 23.4 Å². The number of rotatable bonds is 4. The van der Waals surface area contributed by atoms with Crippen molar-refractivity contribution in [3.05, 3.63) is 59.1 Å². The first-order valence-corrected chi connectivity index (χ1v) is 9.46. The molecular weight excluding hydrogens is 340 g/mol. The summed E-state index contributed by atoms with van der Waals surface area (Å²) < 4.78 is 0. The van der Waals surface area contributed by atoms with Gasteiger partial charge in [-0.15, -0.1) is 11.8 Å². The summed E-state index contributed by atoms with van der Waals surface area (Å²) in [6.45, 7) is 5.33. The van der Waals surface area contributed by atoms with Gasteiger partial charge in [-0.1, -0.05) is 35.9 Å². The van der Waals surface area contributed by atoms with Crippen molar-refractivity contribution in [1.29, 1.82) is 0 Å². The normalized spacial score (nSPS) is 14.8. The molecule has 1 aliphatic rings. The highest BCUT2D eigenvalue weighted by atomic mass is 35.5. The maximum Gasteiger partial charge on any atom is 0.233 e. The maximum absolute atomic E-state index is 12.4. The molecule has 0 N–H and O–H groups in total. The molecule has 0 aromatic heterocycles. The van der Waals surface area contributed by atoms with Gasteiger partial charge in [0.1, 0.15) is 0 Å². The van der Waals surface area contributed by atoms with E-state index in [1.165, 1.54) is 11.3 Å². The number of aryl methyl sites for hydroxylation is 1. The Morgan fingerprint density at radius 3 is 2.50 bits per heavy atom. The van der Waals surface area contributed by atoms with Crippen molar-refractivity contribution in [2.45, 2.75) is 11.8 Å². The highest BCUT2D eigenvalue weighted by Crippen LogP contribution is 2.25. The molecule has 1 amide bonds. The summed E-state index contributed by atoms with van der Waals surface area (Å²) >= 11 is 7.72. The number of piperazine rings is 1. The lowest BCUT2D eigenvalue weighted by Crippen LogP contribution is -2.49. The van der Waals surface area contributed by atoms with Crippen LogP contribution in [0.3, 0.4) is 0 Å². The van der Waals surface area contributed by atoms with Crippen LogP contribution in [0.2, 0.25) is 5.02 Å². The molecule has 1 fully saturated rings. The predicted molar refractivity (Wildman–Crippen MR) is 102 cm³/mol. The van der Waals surface area contributed by atoms with E-state index in [2.05, 4.69) is 11.8 Å².